The van der Waals surface area contributed by atoms with Gasteiger partial charge in [0.1, 0.15) is 0 Å². The highest BCUT2D eigenvalue weighted by molar-refractivity contribution is 5.88. The lowest BCUT2D eigenvalue weighted by Crippen LogP contribution is -2.28. The third-order valence-electron chi connectivity index (χ3n) is 2.18. The summed E-state index contributed by atoms with van der Waals surface area (Å²) in [5.41, 5.74) is 0.892. The van der Waals surface area contributed by atoms with Crippen LogP contribution in [-0.4, -0.2) is 16.9 Å². The number of nitro benzene ring substituents is 1. The highest BCUT2D eigenvalue weighted by Crippen LogP contribution is 2.12. The van der Waals surface area contributed by atoms with E-state index in [-0.39, 0.29) is 17.6 Å². The molecule has 1 aromatic rings. The summed E-state index contributed by atoms with van der Waals surface area (Å²) in [6.45, 7) is 3.77. The summed E-state index contributed by atoms with van der Waals surface area (Å²) < 4.78 is 0. The number of amides is 1. The molecule has 0 radical (unpaired) electrons. The van der Waals surface area contributed by atoms with Gasteiger partial charge in [0.25, 0.3) is 5.69 Å². The largest absolute Gasteiger partial charge is 0.350 e. The number of carbonyl (C=O) groups is 1. The number of nitrogens with zero attached hydrogens (tertiary/aromatic N) is 1. The Bertz CT molecular complexity index is 502. The van der Waals surface area contributed by atoms with Crippen molar-refractivity contribution >= 4 is 17.7 Å². The molecule has 100 valence electrons. The minimum absolute atomic E-state index is 0.0593. The van der Waals surface area contributed by atoms with Crippen molar-refractivity contribution in [3.63, 3.8) is 0 Å². The number of rotatable bonds is 5. The summed E-state index contributed by atoms with van der Waals surface area (Å²) in [6.07, 6.45) is 6.53. The molecule has 0 aliphatic rings. The molecule has 0 saturated heterocycles. The molecule has 0 atom stereocenters. The normalized spacial score (nSPS) is 11.3. The van der Waals surface area contributed by atoms with Crippen LogP contribution >= 0.6 is 0 Å². The van der Waals surface area contributed by atoms with Crippen molar-refractivity contribution in [1.29, 1.82) is 0 Å². The molecule has 5 nitrogen and oxygen atoms in total. The van der Waals surface area contributed by atoms with Crippen LogP contribution in [0.2, 0.25) is 0 Å². The number of nitro groups is 1. The number of carbonyl (C=O) groups excluding carboxylic acids is 1. The molecule has 0 fully saturated rings. The average molecular weight is 260 g/mol. The summed E-state index contributed by atoms with van der Waals surface area (Å²) >= 11 is 0. The van der Waals surface area contributed by atoms with E-state index >= 15 is 0 Å². The van der Waals surface area contributed by atoms with E-state index in [1.807, 2.05) is 13.8 Å². The van der Waals surface area contributed by atoms with Gasteiger partial charge in [-0.05, 0) is 31.5 Å². The summed E-state index contributed by atoms with van der Waals surface area (Å²) in [5, 5.41) is 13.2. The first-order valence-electron chi connectivity index (χ1n) is 5.88. The highest BCUT2D eigenvalue weighted by atomic mass is 16.6. The number of hydrogen-bond donors (Lipinski definition) is 1. The molecule has 1 N–H and O–H groups in total. The van der Waals surface area contributed by atoms with Gasteiger partial charge in [-0.1, -0.05) is 18.2 Å². The van der Waals surface area contributed by atoms with Crippen molar-refractivity contribution in [3.8, 4) is 0 Å². The van der Waals surface area contributed by atoms with Crippen LogP contribution in [0.4, 0.5) is 5.69 Å². The maximum absolute atomic E-state index is 11.3. The van der Waals surface area contributed by atoms with E-state index in [4.69, 9.17) is 0 Å². The number of non-ortho nitro benzene ring substituents is 1. The molecule has 0 saturated carbocycles. The number of benzene rings is 1. The summed E-state index contributed by atoms with van der Waals surface area (Å²) in [5.74, 6) is -0.150. The molecule has 0 aromatic heterocycles. The second kappa shape index (κ2) is 7.10. The van der Waals surface area contributed by atoms with E-state index in [9.17, 15) is 14.9 Å². The Morgan fingerprint density at radius 3 is 2.42 bits per heavy atom. The second-order valence-corrected chi connectivity index (χ2v) is 4.23. The van der Waals surface area contributed by atoms with Gasteiger partial charge in [0.05, 0.1) is 4.92 Å². The maximum Gasteiger partial charge on any atom is 0.269 e. The predicted molar refractivity (Wildman–Crippen MR) is 74.5 cm³/mol. The Hall–Kier alpha value is -2.43. The van der Waals surface area contributed by atoms with Crippen molar-refractivity contribution in [1.82, 2.24) is 5.32 Å². The minimum Gasteiger partial charge on any atom is -0.350 e. The molecular weight excluding hydrogens is 244 g/mol. The Morgan fingerprint density at radius 2 is 1.89 bits per heavy atom. The molecule has 0 spiro atoms. The van der Waals surface area contributed by atoms with Crippen LogP contribution in [0.3, 0.4) is 0 Å². The van der Waals surface area contributed by atoms with Gasteiger partial charge in [-0.15, -0.1) is 0 Å². The van der Waals surface area contributed by atoms with Gasteiger partial charge in [-0.2, -0.15) is 0 Å². The Balaban J connectivity index is 2.55. The standard InChI is InChI=1S/C14H16N2O3/c1-11(2)15-14(17)6-4-3-5-12-7-9-13(10-8-12)16(18)19/h3-11H,1-2H3,(H,15,17). The molecule has 5 heteroatoms. The fraction of sp³-hybridized carbons (Fsp3) is 0.214. The van der Waals surface area contributed by atoms with Crippen LogP contribution in [0, 0.1) is 10.1 Å². The Kier molecular flexibility index (Phi) is 5.47. The van der Waals surface area contributed by atoms with Crippen molar-refractivity contribution in [2.24, 2.45) is 0 Å². The van der Waals surface area contributed by atoms with Crippen LogP contribution in [0.5, 0.6) is 0 Å². The summed E-state index contributed by atoms with van der Waals surface area (Å²) in [7, 11) is 0. The van der Waals surface area contributed by atoms with Crippen LogP contribution in [0.15, 0.2) is 42.5 Å². The number of hydrogen-bond acceptors (Lipinski definition) is 3. The number of nitrogens with one attached hydrogen (secondary N) is 1. The van der Waals surface area contributed by atoms with E-state index < -0.39 is 4.92 Å². The quantitative estimate of drug-likeness (QED) is 0.383. The third kappa shape index (κ3) is 5.63. The van der Waals surface area contributed by atoms with Gasteiger partial charge in [-0.25, -0.2) is 0 Å². The van der Waals surface area contributed by atoms with Crippen molar-refractivity contribution < 1.29 is 9.72 Å². The zero-order valence-corrected chi connectivity index (χ0v) is 10.9. The van der Waals surface area contributed by atoms with Crippen molar-refractivity contribution in [2.45, 2.75) is 19.9 Å². The van der Waals surface area contributed by atoms with E-state index in [0.29, 0.717) is 0 Å². The topological polar surface area (TPSA) is 72.2 Å². The lowest BCUT2D eigenvalue weighted by molar-refractivity contribution is -0.384. The van der Waals surface area contributed by atoms with E-state index in [1.165, 1.54) is 18.2 Å². The van der Waals surface area contributed by atoms with Crippen LogP contribution in [0.25, 0.3) is 6.08 Å². The maximum atomic E-state index is 11.3. The monoisotopic (exact) mass is 260 g/mol. The molecule has 0 aliphatic carbocycles. The highest BCUT2D eigenvalue weighted by Gasteiger charge is 2.01. The fourth-order valence-corrected chi connectivity index (χ4v) is 1.35. The molecule has 19 heavy (non-hydrogen) atoms. The smallest absolute Gasteiger partial charge is 0.269 e. The van der Waals surface area contributed by atoms with Gasteiger partial charge < -0.3 is 5.32 Å². The Labute approximate surface area is 111 Å². The summed E-state index contributed by atoms with van der Waals surface area (Å²) in [6, 6.07) is 6.28. The molecule has 0 aliphatic heterocycles. The Morgan fingerprint density at radius 1 is 1.26 bits per heavy atom. The van der Waals surface area contributed by atoms with Crippen molar-refractivity contribution in [2.75, 3.05) is 0 Å². The minimum atomic E-state index is -0.441. The molecule has 0 bridgehead atoms. The fourth-order valence-electron chi connectivity index (χ4n) is 1.35. The zero-order valence-electron chi connectivity index (χ0n) is 10.9. The first-order chi connectivity index (χ1) is 8.99. The van der Waals surface area contributed by atoms with Crippen molar-refractivity contribution in [3.05, 3.63) is 58.2 Å². The lowest BCUT2D eigenvalue weighted by atomic mass is 10.2. The second-order valence-electron chi connectivity index (χ2n) is 4.23. The molecule has 1 amide bonds. The molecule has 0 unspecified atom stereocenters. The molecule has 1 rings (SSSR count). The van der Waals surface area contributed by atoms with E-state index in [0.717, 1.165) is 5.56 Å². The van der Waals surface area contributed by atoms with E-state index in [2.05, 4.69) is 5.32 Å². The van der Waals surface area contributed by atoms with E-state index in [1.54, 1.807) is 30.4 Å². The number of allylic oxidation sites excluding steroid dienone is 2. The van der Waals surface area contributed by atoms with Crippen LogP contribution < -0.4 is 5.32 Å². The van der Waals surface area contributed by atoms with Crippen LogP contribution in [0.1, 0.15) is 19.4 Å². The van der Waals surface area contributed by atoms with Crippen LogP contribution in [-0.2, 0) is 4.79 Å². The zero-order chi connectivity index (χ0) is 14.3. The SMILES string of the molecule is CC(C)NC(=O)C=CC=Cc1ccc([N+](=O)[O-])cc1. The predicted octanol–water partition coefficient (Wildman–Crippen LogP) is 2.69. The summed E-state index contributed by atoms with van der Waals surface area (Å²) in [4.78, 5) is 21.3. The molecule has 1 aromatic carbocycles. The van der Waals surface area contributed by atoms with Gasteiger partial charge in [0.15, 0.2) is 0 Å². The molecular formula is C14H16N2O3. The van der Waals surface area contributed by atoms with Gasteiger partial charge in [0, 0.05) is 24.3 Å². The lowest BCUT2D eigenvalue weighted by Gasteiger charge is -2.03. The first-order valence-corrected chi connectivity index (χ1v) is 5.88. The average Bonchev–Trinajstić information content (AvgIpc) is 2.34. The molecule has 0 heterocycles. The van der Waals surface area contributed by atoms with Gasteiger partial charge >= 0.3 is 0 Å². The van der Waals surface area contributed by atoms with Gasteiger partial charge in [-0.3, -0.25) is 14.9 Å². The van der Waals surface area contributed by atoms with Gasteiger partial charge in [0.2, 0.25) is 5.91 Å². The third-order valence-corrected chi connectivity index (χ3v) is 2.18. The first kappa shape index (κ1) is 14.6.